The molecule has 0 aliphatic heterocycles. The standard InChI is InChI=1S/C13H17Br2NO2/c1-8(2)12(7-18-3)16-13(17)10-6-9(14)4-5-11(10)15/h4-6,8,12H,7H2,1-3H3,(H,16,17). The van der Waals surface area contributed by atoms with Crippen LogP contribution in [0.25, 0.3) is 0 Å². The lowest BCUT2D eigenvalue weighted by Gasteiger charge is -2.21. The van der Waals surface area contributed by atoms with Gasteiger partial charge in [0.05, 0.1) is 18.2 Å². The summed E-state index contributed by atoms with van der Waals surface area (Å²) in [7, 11) is 1.64. The molecular formula is C13H17Br2NO2. The van der Waals surface area contributed by atoms with E-state index >= 15 is 0 Å². The van der Waals surface area contributed by atoms with Gasteiger partial charge in [0.15, 0.2) is 0 Å². The lowest BCUT2D eigenvalue weighted by molar-refractivity contribution is 0.0866. The highest BCUT2D eigenvalue weighted by atomic mass is 79.9. The van der Waals surface area contributed by atoms with Crippen molar-refractivity contribution in [3.8, 4) is 0 Å². The van der Waals surface area contributed by atoms with E-state index in [1.807, 2.05) is 12.1 Å². The number of halogens is 2. The Morgan fingerprint density at radius 3 is 2.61 bits per heavy atom. The van der Waals surface area contributed by atoms with Crippen LogP contribution in [0.1, 0.15) is 24.2 Å². The molecule has 0 saturated carbocycles. The molecule has 0 bridgehead atoms. The van der Waals surface area contributed by atoms with Crippen molar-refractivity contribution in [2.24, 2.45) is 5.92 Å². The van der Waals surface area contributed by atoms with Gasteiger partial charge in [-0.1, -0.05) is 29.8 Å². The van der Waals surface area contributed by atoms with Crippen molar-refractivity contribution in [3.05, 3.63) is 32.7 Å². The van der Waals surface area contributed by atoms with E-state index in [9.17, 15) is 4.79 Å². The molecule has 0 spiro atoms. The number of carbonyl (C=O) groups excluding carboxylic acids is 1. The van der Waals surface area contributed by atoms with Crippen molar-refractivity contribution in [1.82, 2.24) is 5.32 Å². The molecule has 0 heterocycles. The number of benzene rings is 1. The highest BCUT2D eigenvalue weighted by molar-refractivity contribution is 9.11. The summed E-state index contributed by atoms with van der Waals surface area (Å²) in [6.07, 6.45) is 0. The molecule has 1 aromatic carbocycles. The number of hydrogen-bond donors (Lipinski definition) is 1. The van der Waals surface area contributed by atoms with E-state index in [0.29, 0.717) is 18.1 Å². The highest BCUT2D eigenvalue weighted by Gasteiger charge is 2.18. The first-order valence-electron chi connectivity index (χ1n) is 5.70. The monoisotopic (exact) mass is 377 g/mol. The summed E-state index contributed by atoms with van der Waals surface area (Å²) in [5.41, 5.74) is 0.617. The predicted octanol–water partition coefficient (Wildman–Crippen LogP) is 3.61. The minimum atomic E-state index is -0.0982. The van der Waals surface area contributed by atoms with Crippen LogP contribution in [0.2, 0.25) is 0 Å². The number of methoxy groups -OCH3 is 1. The summed E-state index contributed by atoms with van der Waals surface area (Å²) in [5, 5.41) is 2.99. The zero-order chi connectivity index (χ0) is 13.7. The average Bonchev–Trinajstić information content (AvgIpc) is 2.31. The van der Waals surface area contributed by atoms with Crippen LogP contribution in [0.5, 0.6) is 0 Å². The second-order valence-corrected chi connectivity index (χ2v) is 6.17. The van der Waals surface area contributed by atoms with Gasteiger partial charge in [0, 0.05) is 16.1 Å². The third-order valence-electron chi connectivity index (χ3n) is 2.64. The van der Waals surface area contributed by atoms with Gasteiger partial charge < -0.3 is 10.1 Å². The van der Waals surface area contributed by atoms with Crippen LogP contribution in [-0.4, -0.2) is 25.7 Å². The molecule has 1 aromatic rings. The van der Waals surface area contributed by atoms with E-state index in [1.54, 1.807) is 13.2 Å². The lowest BCUT2D eigenvalue weighted by Crippen LogP contribution is -2.41. The van der Waals surface area contributed by atoms with E-state index in [0.717, 1.165) is 8.95 Å². The molecule has 1 N–H and O–H groups in total. The minimum absolute atomic E-state index is 0.00776. The molecule has 0 radical (unpaired) electrons. The van der Waals surface area contributed by atoms with Gasteiger partial charge in [-0.3, -0.25) is 4.79 Å². The third-order valence-corrected chi connectivity index (χ3v) is 3.83. The Morgan fingerprint density at radius 1 is 1.39 bits per heavy atom. The first kappa shape index (κ1) is 15.7. The number of amides is 1. The van der Waals surface area contributed by atoms with Gasteiger partial charge in [-0.2, -0.15) is 0 Å². The van der Waals surface area contributed by atoms with Gasteiger partial charge in [0.25, 0.3) is 5.91 Å². The molecule has 1 unspecified atom stereocenters. The van der Waals surface area contributed by atoms with E-state index in [4.69, 9.17) is 4.74 Å². The lowest BCUT2D eigenvalue weighted by atomic mass is 10.0. The Bertz CT molecular complexity index is 421. The second kappa shape index (κ2) is 7.26. The highest BCUT2D eigenvalue weighted by Crippen LogP contribution is 2.21. The molecule has 18 heavy (non-hydrogen) atoms. The normalized spacial score (nSPS) is 12.6. The molecule has 0 saturated heterocycles. The number of carbonyl (C=O) groups is 1. The fraction of sp³-hybridized carbons (Fsp3) is 0.462. The Balaban J connectivity index is 2.83. The smallest absolute Gasteiger partial charge is 0.252 e. The first-order chi connectivity index (χ1) is 8.45. The summed E-state index contributed by atoms with van der Waals surface area (Å²) >= 11 is 6.75. The number of nitrogens with one attached hydrogen (secondary N) is 1. The van der Waals surface area contributed by atoms with Gasteiger partial charge in [0.2, 0.25) is 0 Å². The molecule has 5 heteroatoms. The molecule has 1 amide bonds. The topological polar surface area (TPSA) is 38.3 Å². The van der Waals surface area contributed by atoms with Crippen LogP contribution >= 0.6 is 31.9 Å². The zero-order valence-corrected chi connectivity index (χ0v) is 13.8. The van der Waals surface area contributed by atoms with Crippen LogP contribution in [0.3, 0.4) is 0 Å². The Morgan fingerprint density at radius 2 is 2.06 bits per heavy atom. The maximum atomic E-state index is 12.2. The summed E-state index contributed by atoms with van der Waals surface area (Å²) in [6, 6.07) is 5.53. The molecule has 3 nitrogen and oxygen atoms in total. The van der Waals surface area contributed by atoms with Gasteiger partial charge in [-0.25, -0.2) is 0 Å². The zero-order valence-electron chi connectivity index (χ0n) is 10.7. The summed E-state index contributed by atoms with van der Waals surface area (Å²) in [4.78, 5) is 12.2. The average molecular weight is 379 g/mol. The van der Waals surface area contributed by atoms with Gasteiger partial charge in [0.1, 0.15) is 0 Å². The molecule has 1 atom stereocenters. The van der Waals surface area contributed by atoms with E-state index in [2.05, 4.69) is 51.0 Å². The van der Waals surface area contributed by atoms with Crippen molar-refractivity contribution in [2.45, 2.75) is 19.9 Å². The van der Waals surface area contributed by atoms with Crippen molar-refractivity contribution in [3.63, 3.8) is 0 Å². The quantitative estimate of drug-likeness (QED) is 0.849. The van der Waals surface area contributed by atoms with E-state index < -0.39 is 0 Å². The van der Waals surface area contributed by atoms with E-state index in [-0.39, 0.29) is 11.9 Å². The van der Waals surface area contributed by atoms with Crippen molar-refractivity contribution in [2.75, 3.05) is 13.7 Å². The molecule has 0 aliphatic carbocycles. The van der Waals surface area contributed by atoms with Crippen LogP contribution in [0.15, 0.2) is 27.1 Å². The van der Waals surface area contributed by atoms with Gasteiger partial charge in [-0.05, 0) is 40.0 Å². The van der Waals surface area contributed by atoms with Gasteiger partial charge in [-0.15, -0.1) is 0 Å². The largest absolute Gasteiger partial charge is 0.383 e. The number of hydrogen-bond acceptors (Lipinski definition) is 2. The SMILES string of the molecule is COCC(NC(=O)c1cc(Br)ccc1Br)C(C)C. The van der Waals surface area contributed by atoms with Crippen molar-refractivity contribution in [1.29, 1.82) is 0 Å². The number of rotatable bonds is 5. The Kier molecular flexibility index (Phi) is 6.32. The molecule has 0 aliphatic rings. The fourth-order valence-corrected chi connectivity index (χ4v) is 2.29. The number of ether oxygens (including phenoxy) is 1. The molecule has 0 aromatic heterocycles. The van der Waals surface area contributed by atoms with E-state index in [1.165, 1.54) is 0 Å². The van der Waals surface area contributed by atoms with Crippen LogP contribution < -0.4 is 5.32 Å². The van der Waals surface area contributed by atoms with Crippen molar-refractivity contribution >= 4 is 37.8 Å². The Hall–Kier alpha value is -0.390. The molecule has 0 fully saturated rings. The predicted molar refractivity (Wildman–Crippen MR) is 79.8 cm³/mol. The minimum Gasteiger partial charge on any atom is -0.383 e. The summed E-state index contributed by atoms with van der Waals surface area (Å²) in [6.45, 7) is 4.62. The molecular weight excluding hydrogens is 362 g/mol. The summed E-state index contributed by atoms with van der Waals surface area (Å²) < 4.78 is 6.78. The fourth-order valence-electron chi connectivity index (χ4n) is 1.50. The van der Waals surface area contributed by atoms with Crippen LogP contribution in [0, 0.1) is 5.92 Å². The molecule has 100 valence electrons. The van der Waals surface area contributed by atoms with Crippen LogP contribution in [-0.2, 0) is 4.74 Å². The van der Waals surface area contributed by atoms with Gasteiger partial charge >= 0.3 is 0 Å². The molecule has 1 rings (SSSR count). The maximum Gasteiger partial charge on any atom is 0.252 e. The summed E-state index contributed by atoms with van der Waals surface area (Å²) in [5.74, 6) is 0.221. The second-order valence-electron chi connectivity index (χ2n) is 4.40. The maximum absolute atomic E-state index is 12.2. The first-order valence-corrected chi connectivity index (χ1v) is 7.29. The van der Waals surface area contributed by atoms with Crippen molar-refractivity contribution < 1.29 is 9.53 Å². The Labute approximate surface area is 125 Å². The van der Waals surface area contributed by atoms with Crippen LogP contribution in [0.4, 0.5) is 0 Å². The third kappa shape index (κ3) is 4.37.